The molecule has 0 aliphatic carbocycles. The van der Waals surface area contributed by atoms with Crippen LogP contribution in [-0.4, -0.2) is 5.91 Å². The molecule has 3 nitrogen and oxygen atoms in total. The molecule has 0 aliphatic rings. The van der Waals surface area contributed by atoms with Gasteiger partial charge in [-0.25, -0.2) is 0 Å². The van der Waals surface area contributed by atoms with Gasteiger partial charge in [0.05, 0.1) is 0 Å². The molecule has 3 aromatic rings. The zero-order chi connectivity index (χ0) is 15.5. The lowest BCUT2D eigenvalue weighted by atomic mass is 10.2. The first-order valence-corrected chi connectivity index (χ1v) is 7.24. The average molecular weight is 312 g/mol. The molecule has 0 aliphatic heterocycles. The molecule has 110 valence electrons. The first-order chi connectivity index (χ1) is 10.6. The maximum absolute atomic E-state index is 12.2. The van der Waals surface area contributed by atoms with Gasteiger partial charge in [0.15, 0.2) is 5.76 Å². The second-order valence-electron chi connectivity index (χ2n) is 4.94. The maximum Gasteiger partial charge on any atom is 0.291 e. The summed E-state index contributed by atoms with van der Waals surface area (Å²) < 4.78 is 5.63. The molecule has 1 N–H and O–H groups in total. The monoisotopic (exact) mass is 311 g/mol. The van der Waals surface area contributed by atoms with Crippen LogP contribution in [0.2, 0.25) is 5.02 Å². The van der Waals surface area contributed by atoms with Crippen LogP contribution < -0.4 is 5.32 Å². The van der Waals surface area contributed by atoms with Crippen molar-refractivity contribution in [3.63, 3.8) is 0 Å². The molecule has 0 spiro atoms. The van der Waals surface area contributed by atoms with Crippen LogP contribution in [0.15, 0.2) is 65.1 Å². The van der Waals surface area contributed by atoms with Crippen LogP contribution in [0, 0.1) is 6.92 Å². The molecule has 0 fully saturated rings. The molecule has 1 amide bonds. The van der Waals surface area contributed by atoms with E-state index < -0.39 is 0 Å². The third-order valence-electron chi connectivity index (χ3n) is 3.33. The fourth-order valence-corrected chi connectivity index (χ4v) is 2.34. The SMILES string of the molecule is Cc1ccccc1NC(=O)c1ccc(-c2cccc(Cl)c2)o1. The van der Waals surface area contributed by atoms with Crippen LogP contribution in [0.3, 0.4) is 0 Å². The van der Waals surface area contributed by atoms with Crippen LogP contribution >= 0.6 is 11.6 Å². The van der Waals surface area contributed by atoms with E-state index in [1.165, 1.54) is 0 Å². The van der Waals surface area contributed by atoms with E-state index in [0.717, 1.165) is 16.8 Å². The molecule has 1 heterocycles. The van der Waals surface area contributed by atoms with E-state index in [1.807, 2.05) is 43.3 Å². The predicted octanol–water partition coefficient (Wildman–Crippen LogP) is 5.16. The van der Waals surface area contributed by atoms with Gasteiger partial charge in [0.1, 0.15) is 5.76 Å². The van der Waals surface area contributed by atoms with Gasteiger partial charge in [-0.15, -0.1) is 0 Å². The number of amides is 1. The molecule has 3 rings (SSSR count). The number of halogens is 1. The van der Waals surface area contributed by atoms with E-state index in [2.05, 4.69) is 5.32 Å². The molecule has 0 atom stereocenters. The minimum Gasteiger partial charge on any atom is -0.451 e. The normalized spacial score (nSPS) is 10.5. The van der Waals surface area contributed by atoms with Crippen LogP contribution in [0.25, 0.3) is 11.3 Å². The highest BCUT2D eigenvalue weighted by atomic mass is 35.5. The van der Waals surface area contributed by atoms with Gasteiger partial charge in [0.2, 0.25) is 0 Å². The van der Waals surface area contributed by atoms with Crippen molar-refractivity contribution in [1.82, 2.24) is 0 Å². The highest BCUT2D eigenvalue weighted by Gasteiger charge is 2.13. The zero-order valence-corrected chi connectivity index (χ0v) is 12.7. The number of hydrogen-bond acceptors (Lipinski definition) is 2. The molecule has 0 unspecified atom stereocenters. The molecule has 2 aromatic carbocycles. The standard InChI is InChI=1S/C18H14ClNO2/c1-12-5-2-3-8-15(12)20-18(21)17-10-9-16(22-17)13-6-4-7-14(19)11-13/h2-11H,1H3,(H,20,21). The summed E-state index contributed by atoms with van der Waals surface area (Å²) in [6, 6.07) is 18.3. The predicted molar refractivity (Wildman–Crippen MR) is 88.3 cm³/mol. The smallest absolute Gasteiger partial charge is 0.291 e. The summed E-state index contributed by atoms with van der Waals surface area (Å²) in [7, 11) is 0. The summed E-state index contributed by atoms with van der Waals surface area (Å²) >= 11 is 5.97. The Morgan fingerprint density at radius 3 is 2.64 bits per heavy atom. The van der Waals surface area contributed by atoms with E-state index in [0.29, 0.717) is 10.8 Å². The van der Waals surface area contributed by atoms with Crippen molar-refractivity contribution in [3.05, 3.63) is 77.0 Å². The Morgan fingerprint density at radius 1 is 1.05 bits per heavy atom. The lowest BCUT2D eigenvalue weighted by Crippen LogP contribution is -2.11. The summed E-state index contributed by atoms with van der Waals surface area (Å²) in [6.07, 6.45) is 0. The Hall–Kier alpha value is -2.52. The van der Waals surface area contributed by atoms with Gasteiger partial charge < -0.3 is 9.73 Å². The summed E-state index contributed by atoms with van der Waals surface area (Å²) in [5, 5.41) is 3.47. The van der Waals surface area contributed by atoms with Crippen molar-refractivity contribution >= 4 is 23.2 Å². The molecule has 0 bridgehead atoms. The van der Waals surface area contributed by atoms with Gasteiger partial charge >= 0.3 is 0 Å². The van der Waals surface area contributed by atoms with E-state index in [1.54, 1.807) is 24.3 Å². The Labute approximate surface area is 133 Å². The lowest BCUT2D eigenvalue weighted by Gasteiger charge is -2.06. The van der Waals surface area contributed by atoms with E-state index >= 15 is 0 Å². The van der Waals surface area contributed by atoms with E-state index in [9.17, 15) is 4.79 Å². The molecular formula is C18H14ClNO2. The summed E-state index contributed by atoms with van der Waals surface area (Å²) in [6.45, 7) is 1.94. The highest BCUT2D eigenvalue weighted by molar-refractivity contribution is 6.30. The van der Waals surface area contributed by atoms with E-state index in [4.69, 9.17) is 16.0 Å². The molecule has 1 aromatic heterocycles. The molecule has 4 heteroatoms. The number of furan rings is 1. The minimum atomic E-state index is -0.275. The molecular weight excluding hydrogens is 298 g/mol. The second-order valence-corrected chi connectivity index (χ2v) is 5.38. The Balaban J connectivity index is 1.82. The fourth-order valence-electron chi connectivity index (χ4n) is 2.15. The first-order valence-electron chi connectivity index (χ1n) is 6.86. The number of benzene rings is 2. The van der Waals surface area contributed by atoms with Gasteiger partial charge in [-0.2, -0.15) is 0 Å². The van der Waals surface area contributed by atoms with Crippen molar-refractivity contribution in [2.24, 2.45) is 0 Å². The Bertz CT molecular complexity index is 823. The lowest BCUT2D eigenvalue weighted by molar-refractivity contribution is 0.0997. The Kier molecular flexibility index (Phi) is 3.98. The van der Waals surface area contributed by atoms with Crippen LogP contribution in [0.4, 0.5) is 5.69 Å². The number of nitrogens with one attached hydrogen (secondary N) is 1. The van der Waals surface area contributed by atoms with Crippen molar-refractivity contribution in [3.8, 4) is 11.3 Å². The molecule has 0 saturated heterocycles. The topological polar surface area (TPSA) is 42.2 Å². The quantitative estimate of drug-likeness (QED) is 0.726. The largest absolute Gasteiger partial charge is 0.451 e. The van der Waals surface area contributed by atoms with Gasteiger partial charge in [-0.1, -0.05) is 41.9 Å². The number of hydrogen-bond donors (Lipinski definition) is 1. The fraction of sp³-hybridized carbons (Fsp3) is 0.0556. The van der Waals surface area contributed by atoms with Crippen molar-refractivity contribution in [1.29, 1.82) is 0 Å². The van der Waals surface area contributed by atoms with Crippen molar-refractivity contribution in [2.75, 3.05) is 5.32 Å². The Morgan fingerprint density at radius 2 is 1.86 bits per heavy atom. The summed E-state index contributed by atoms with van der Waals surface area (Å²) in [5.74, 6) is 0.596. The van der Waals surface area contributed by atoms with Gasteiger partial charge in [-0.05, 0) is 42.8 Å². The number of carbonyl (C=O) groups excluding carboxylic acids is 1. The number of rotatable bonds is 3. The van der Waals surface area contributed by atoms with Gasteiger partial charge in [-0.3, -0.25) is 4.79 Å². The number of anilines is 1. The van der Waals surface area contributed by atoms with Gasteiger partial charge in [0.25, 0.3) is 5.91 Å². The molecule has 0 saturated carbocycles. The van der Waals surface area contributed by atoms with Crippen molar-refractivity contribution in [2.45, 2.75) is 6.92 Å². The number of carbonyl (C=O) groups is 1. The van der Waals surface area contributed by atoms with Crippen molar-refractivity contribution < 1.29 is 9.21 Å². The van der Waals surface area contributed by atoms with Crippen LogP contribution in [0.1, 0.15) is 16.1 Å². The van der Waals surface area contributed by atoms with Gasteiger partial charge in [0, 0.05) is 16.3 Å². The first kappa shape index (κ1) is 14.4. The maximum atomic E-state index is 12.2. The molecule has 0 radical (unpaired) electrons. The van der Waals surface area contributed by atoms with E-state index in [-0.39, 0.29) is 11.7 Å². The third kappa shape index (κ3) is 3.05. The molecule has 22 heavy (non-hydrogen) atoms. The highest BCUT2D eigenvalue weighted by Crippen LogP contribution is 2.25. The second kappa shape index (κ2) is 6.08. The number of aryl methyl sites for hydroxylation is 1. The van der Waals surface area contributed by atoms with Crippen LogP contribution in [0.5, 0.6) is 0 Å². The summed E-state index contributed by atoms with van der Waals surface area (Å²) in [5.41, 5.74) is 2.60. The number of para-hydroxylation sites is 1. The minimum absolute atomic E-state index is 0.262. The van der Waals surface area contributed by atoms with Crippen LogP contribution in [-0.2, 0) is 0 Å². The third-order valence-corrected chi connectivity index (χ3v) is 3.57. The zero-order valence-electron chi connectivity index (χ0n) is 12.0. The average Bonchev–Trinajstić information content (AvgIpc) is 2.99. The summed E-state index contributed by atoms with van der Waals surface area (Å²) in [4.78, 5) is 12.2.